The molecule has 0 saturated carbocycles. The van der Waals surface area contributed by atoms with Crippen LogP contribution in [-0.2, 0) is 17.7 Å². The summed E-state index contributed by atoms with van der Waals surface area (Å²) in [6.45, 7) is 7.14. The molecule has 0 aliphatic rings. The summed E-state index contributed by atoms with van der Waals surface area (Å²) in [5, 5.41) is 3.98. The first-order valence-corrected chi connectivity index (χ1v) is 6.70. The van der Waals surface area contributed by atoms with Crippen LogP contribution < -0.4 is 5.32 Å². The van der Waals surface area contributed by atoms with Crippen molar-refractivity contribution in [3.05, 3.63) is 15.6 Å². The van der Waals surface area contributed by atoms with E-state index in [1.54, 1.807) is 0 Å². The lowest BCUT2D eigenvalue weighted by atomic mass is 10.1. The van der Waals surface area contributed by atoms with Gasteiger partial charge in [-0.25, -0.2) is 9.78 Å². The molecule has 0 amide bonds. The third-order valence-electron chi connectivity index (χ3n) is 2.13. The number of rotatable bonds is 6. The number of nitrogens with zero attached hydrogens (tertiary/aromatic N) is 1. The van der Waals surface area contributed by atoms with Crippen molar-refractivity contribution in [2.75, 3.05) is 13.7 Å². The first kappa shape index (κ1) is 14.1. The van der Waals surface area contributed by atoms with Crippen LogP contribution in [0.1, 0.15) is 41.1 Å². The van der Waals surface area contributed by atoms with Gasteiger partial charge in [-0.2, -0.15) is 0 Å². The highest BCUT2D eigenvalue weighted by Crippen LogP contribution is 2.22. The van der Waals surface area contributed by atoms with Gasteiger partial charge in [-0.15, -0.1) is 11.3 Å². The summed E-state index contributed by atoms with van der Waals surface area (Å²) in [6.07, 6.45) is 0.814. The largest absolute Gasteiger partial charge is 0.462 e. The molecule has 0 aliphatic carbocycles. The first-order chi connectivity index (χ1) is 8.08. The van der Waals surface area contributed by atoms with E-state index in [0.29, 0.717) is 23.9 Å². The Labute approximate surface area is 106 Å². The van der Waals surface area contributed by atoms with Gasteiger partial charge in [0.05, 0.1) is 12.3 Å². The van der Waals surface area contributed by atoms with Crippen LogP contribution in [0.15, 0.2) is 0 Å². The van der Waals surface area contributed by atoms with E-state index in [-0.39, 0.29) is 5.97 Å². The maximum absolute atomic E-state index is 11.8. The van der Waals surface area contributed by atoms with Crippen LogP contribution in [0.4, 0.5) is 0 Å². The number of carbonyl (C=O) groups excluding carboxylic acids is 1. The summed E-state index contributed by atoms with van der Waals surface area (Å²) in [4.78, 5) is 16.9. The van der Waals surface area contributed by atoms with Crippen LogP contribution in [0, 0.1) is 5.92 Å². The molecule has 0 fully saturated rings. The van der Waals surface area contributed by atoms with Crippen molar-refractivity contribution < 1.29 is 9.53 Å². The van der Waals surface area contributed by atoms with Crippen molar-refractivity contribution in [2.45, 2.75) is 33.7 Å². The van der Waals surface area contributed by atoms with Gasteiger partial charge >= 0.3 is 5.97 Å². The lowest BCUT2D eigenvalue weighted by molar-refractivity contribution is 0.0530. The van der Waals surface area contributed by atoms with Crippen LogP contribution in [0.25, 0.3) is 0 Å². The van der Waals surface area contributed by atoms with E-state index in [2.05, 4.69) is 24.1 Å². The van der Waals surface area contributed by atoms with E-state index < -0.39 is 0 Å². The van der Waals surface area contributed by atoms with Crippen LogP contribution in [0.2, 0.25) is 0 Å². The number of ether oxygens (including phenoxy) is 1. The molecule has 0 spiro atoms. The monoisotopic (exact) mass is 256 g/mol. The molecule has 1 rings (SSSR count). The van der Waals surface area contributed by atoms with E-state index in [1.165, 1.54) is 11.3 Å². The maximum Gasteiger partial charge on any atom is 0.350 e. The second-order valence-corrected chi connectivity index (χ2v) is 5.32. The summed E-state index contributed by atoms with van der Waals surface area (Å²) < 4.78 is 5.05. The summed E-state index contributed by atoms with van der Waals surface area (Å²) in [7, 11) is 1.87. The Morgan fingerprint density at radius 3 is 2.76 bits per heavy atom. The summed E-state index contributed by atoms with van der Waals surface area (Å²) in [6, 6.07) is 0. The van der Waals surface area contributed by atoms with E-state index in [0.717, 1.165) is 17.1 Å². The van der Waals surface area contributed by atoms with Crippen LogP contribution in [0.5, 0.6) is 0 Å². The molecule has 4 nitrogen and oxygen atoms in total. The highest BCUT2D eigenvalue weighted by Gasteiger charge is 2.19. The molecule has 0 bridgehead atoms. The Morgan fingerprint density at radius 2 is 2.24 bits per heavy atom. The molecule has 1 aromatic rings. The quantitative estimate of drug-likeness (QED) is 0.793. The zero-order valence-electron chi connectivity index (χ0n) is 10.9. The molecule has 5 heteroatoms. The van der Waals surface area contributed by atoms with Gasteiger partial charge in [-0.3, -0.25) is 0 Å². The van der Waals surface area contributed by atoms with Crippen LogP contribution >= 0.6 is 11.3 Å². The predicted molar refractivity (Wildman–Crippen MR) is 69.4 cm³/mol. The molecule has 0 aromatic carbocycles. The molecule has 1 heterocycles. The number of hydrogen-bond acceptors (Lipinski definition) is 5. The minimum atomic E-state index is -0.247. The zero-order valence-corrected chi connectivity index (χ0v) is 11.7. The highest BCUT2D eigenvalue weighted by atomic mass is 32.1. The molecule has 0 unspecified atom stereocenters. The van der Waals surface area contributed by atoms with Crippen molar-refractivity contribution in [3.8, 4) is 0 Å². The fourth-order valence-corrected chi connectivity index (χ4v) is 2.51. The molecule has 0 aliphatic heterocycles. The van der Waals surface area contributed by atoms with Crippen molar-refractivity contribution in [1.29, 1.82) is 0 Å². The van der Waals surface area contributed by atoms with Crippen molar-refractivity contribution in [3.63, 3.8) is 0 Å². The summed E-state index contributed by atoms with van der Waals surface area (Å²) in [5.41, 5.74) is 0.869. The third-order valence-corrected chi connectivity index (χ3v) is 3.21. The maximum atomic E-state index is 11.8. The van der Waals surface area contributed by atoms with Crippen LogP contribution in [0.3, 0.4) is 0 Å². The number of aromatic nitrogens is 1. The number of nitrogens with one attached hydrogen (secondary N) is 1. The second kappa shape index (κ2) is 6.71. The van der Waals surface area contributed by atoms with Gasteiger partial charge in [0.15, 0.2) is 0 Å². The zero-order chi connectivity index (χ0) is 12.8. The molecule has 96 valence electrons. The Bertz CT molecular complexity index is 375. The van der Waals surface area contributed by atoms with Gasteiger partial charge in [0, 0.05) is 6.54 Å². The highest BCUT2D eigenvalue weighted by molar-refractivity contribution is 7.13. The Balaban J connectivity index is 2.94. The molecule has 1 N–H and O–H groups in total. The van der Waals surface area contributed by atoms with E-state index >= 15 is 0 Å². The fourth-order valence-electron chi connectivity index (χ4n) is 1.51. The SMILES string of the molecule is CCOC(=O)c1sc(CNC)nc1CC(C)C. The third kappa shape index (κ3) is 4.09. The van der Waals surface area contributed by atoms with Gasteiger partial charge in [-0.05, 0) is 26.3 Å². The first-order valence-electron chi connectivity index (χ1n) is 5.88. The van der Waals surface area contributed by atoms with Crippen molar-refractivity contribution >= 4 is 17.3 Å². The minimum Gasteiger partial charge on any atom is -0.462 e. The molecular formula is C12H20N2O2S. The average Bonchev–Trinajstić information content (AvgIpc) is 2.61. The molecule has 0 radical (unpaired) electrons. The van der Waals surface area contributed by atoms with Crippen molar-refractivity contribution in [2.24, 2.45) is 5.92 Å². The lowest BCUT2D eigenvalue weighted by Crippen LogP contribution is -2.07. The fraction of sp³-hybridized carbons (Fsp3) is 0.667. The number of hydrogen-bond donors (Lipinski definition) is 1. The van der Waals surface area contributed by atoms with Gasteiger partial charge in [0.1, 0.15) is 9.88 Å². The Hall–Kier alpha value is -0.940. The smallest absolute Gasteiger partial charge is 0.350 e. The standard InChI is InChI=1S/C12H20N2O2S/c1-5-16-12(15)11-9(6-8(2)3)14-10(17-11)7-13-4/h8,13H,5-7H2,1-4H3. The topological polar surface area (TPSA) is 51.2 Å². The molecule has 0 saturated heterocycles. The Morgan fingerprint density at radius 1 is 1.53 bits per heavy atom. The van der Waals surface area contributed by atoms with Gasteiger partial charge in [-0.1, -0.05) is 13.8 Å². The average molecular weight is 256 g/mol. The van der Waals surface area contributed by atoms with Gasteiger partial charge in [0.2, 0.25) is 0 Å². The Kier molecular flexibility index (Phi) is 5.58. The van der Waals surface area contributed by atoms with E-state index in [4.69, 9.17) is 4.74 Å². The van der Waals surface area contributed by atoms with Crippen LogP contribution in [-0.4, -0.2) is 24.6 Å². The van der Waals surface area contributed by atoms with Gasteiger partial charge in [0.25, 0.3) is 0 Å². The van der Waals surface area contributed by atoms with Gasteiger partial charge < -0.3 is 10.1 Å². The van der Waals surface area contributed by atoms with Crippen molar-refractivity contribution in [1.82, 2.24) is 10.3 Å². The normalized spacial score (nSPS) is 10.9. The molecule has 1 aromatic heterocycles. The molecule has 17 heavy (non-hydrogen) atoms. The predicted octanol–water partition coefficient (Wildman–Crippen LogP) is 2.24. The number of esters is 1. The molecule has 0 atom stereocenters. The number of thiazole rings is 1. The lowest BCUT2D eigenvalue weighted by Gasteiger charge is -2.04. The minimum absolute atomic E-state index is 0.247. The molecular weight excluding hydrogens is 236 g/mol. The number of carbonyl (C=O) groups is 1. The second-order valence-electron chi connectivity index (χ2n) is 4.23. The van der Waals surface area contributed by atoms with E-state index in [9.17, 15) is 4.79 Å². The summed E-state index contributed by atoms with van der Waals surface area (Å²) in [5.74, 6) is 0.232. The summed E-state index contributed by atoms with van der Waals surface area (Å²) >= 11 is 1.43. The van der Waals surface area contributed by atoms with E-state index in [1.807, 2.05) is 14.0 Å².